The number of pyridine rings is 1. The van der Waals surface area contributed by atoms with Gasteiger partial charge in [0.15, 0.2) is 0 Å². The molecule has 0 saturated heterocycles. The van der Waals surface area contributed by atoms with E-state index in [1.54, 1.807) is 13.0 Å². The van der Waals surface area contributed by atoms with E-state index in [9.17, 15) is 18.0 Å². The van der Waals surface area contributed by atoms with Crippen molar-refractivity contribution < 1.29 is 22.7 Å². The third kappa shape index (κ3) is 3.29. The minimum atomic E-state index is -4.47. The summed E-state index contributed by atoms with van der Waals surface area (Å²) in [5.74, 6) is -0.430. The molecular weight excluding hydrogens is 345 g/mol. The summed E-state index contributed by atoms with van der Waals surface area (Å²) in [7, 11) is 1.32. The average Bonchev–Trinajstić information content (AvgIpc) is 2.90. The van der Waals surface area contributed by atoms with Gasteiger partial charge in [0.05, 0.1) is 12.7 Å². The highest BCUT2D eigenvalue weighted by atomic mass is 19.4. The molecule has 0 atom stereocenters. The van der Waals surface area contributed by atoms with E-state index in [2.05, 4.69) is 4.98 Å². The minimum Gasteiger partial charge on any atom is -0.465 e. The summed E-state index contributed by atoms with van der Waals surface area (Å²) in [6.07, 6.45) is -2.92. The maximum atomic E-state index is 12.8. The van der Waals surface area contributed by atoms with E-state index in [-0.39, 0.29) is 0 Å². The van der Waals surface area contributed by atoms with Crippen LogP contribution in [-0.4, -0.2) is 22.6 Å². The summed E-state index contributed by atoms with van der Waals surface area (Å²) < 4.78 is 45.2. The van der Waals surface area contributed by atoms with Gasteiger partial charge in [-0.25, -0.2) is 4.79 Å². The zero-order chi connectivity index (χ0) is 18.9. The quantitative estimate of drug-likeness (QED) is 0.647. The summed E-state index contributed by atoms with van der Waals surface area (Å²) in [6, 6.07) is 10.0. The second kappa shape index (κ2) is 6.82. The van der Waals surface area contributed by atoms with Gasteiger partial charge in [0, 0.05) is 29.3 Å². The fourth-order valence-electron chi connectivity index (χ4n) is 3.10. The van der Waals surface area contributed by atoms with Crippen LogP contribution in [0.4, 0.5) is 13.2 Å². The van der Waals surface area contributed by atoms with E-state index in [1.807, 2.05) is 28.8 Å². The van der Waals surface area contributed by atoms with Crippen molar-refractivity contribution in [3.8, 4) is 0 Å². The Morgan fingerprint density at radius 2 is 1.96 bits per heavy atom. The van der Waals surface area contributed by atoms with E-state index < -0.39 is 17.8 Å². The van der Waals surface area contributed by atoms with E-state index in [4.69, 9.17) is 4.74 Å². The molecular formula is C19H17F3N2O2. The molecule has 0 unspecified atom stereocenters. The Morgan fingerprint density at radius 1 is 1.23 bits per heavy atom. The molecule has 0 bridgehead atoms. The molecule has 0 fully saturated rings. The minimum absolute atomic E-state index is 0.381. The predicted molar refractivity (Wildman–Crippen MR) is 91.0 cm³/mol. The molecule has 26 heavy (non-hydrogen) atoms. The predicted octanol–water partition coefficient (Wildman–Crippen LogP) is 4.39. The van der Waals surface area contributed by atoms with Crippen LogP contribution in [0.5, 0.6) is 0 Å². The second-order valence-electron chi connectivity index (χ2n) is 5.92. The van der Waals surface area contributed by atoms with Crippen molar-refractivity contribution >= 4 is 16.9 Å². The van der Waals surface area contributed by atoms with Gasteiger partial charge in [-0.2, -0.15) is 13.2 Å². The number of rotatable bonds is 4. The van der Waals surface area contributed by atoms with Crippen LogP contribution in [0.25, 0.3) is 10.9 Å². The number of benzene rings is 1. The van der Waals surface area contributed by atoms with Crippen molar-refractivity contribution in [3.63, 3.8) is 0 Å². The molecule has 0 aliphatic rings. The lowest BCUT2D eigenvalue weighted by molar-refractivity contribution is -0.141. The number of para-hydroxylation sites is 1. The van der Waals surface area contributed by atoms with Crippen LogP contribution >= 0.6 is 0 Å². The largest absolute Gasteiger partial charge is 0.465 e. The molecule has 136 valence electrons. The topological polar surface area (TPSA) is 44.1 Å². The molecule has 4 nitrogen and oxygen atoms in total. The van der Waals surface area contributed by atoms with Crippen LogP contribution in [0.2, 0.25) is 0 Å². The van der Waals surface area contributed by atoms with E-state index in [1.165, 1.54) is 13.3 Å². The van der Waals surface area contributed by atoms with Crippen LogP contribution in [0.1, 0.15) is 27.3 Å². The van der Waals surface area contributed by atoms with Crippen molar-refractivity contribution in [1.82, 2.24) is 9.55 Å². The highest BCUT2D eigenvalue weighted by molar-refractivity contribution is 6.05. The van der Waals surface area contributed by atoms with Crippen LogP contribution < -0.4 is 0 Å². The first-order valence-electron chi connectivity index (χ1n) is 8.01. The normalized spacial score (nSPS) is 11.7. The maximum absolute atomic E-state index is 12.8. The molecule has 2 heterocycles. The Balaban J connectivity index is 1.95. The molecule has 0 amide bonds. The fourth-order valence-corrected chi connectivity index (χ4v) is 3.10. The molecule has 0 aliphatic heterocycles. The van der Waals surface area contributed by atoms with Crippen LogP contribution in [0, 0.1) is 6.92 Å². The number of hydrogen-bond donors (Lipinski definition) is 0. The molecule has 7 heteroatoms. The first-order valence-corrected chi connectivity index (χ1v) is 8.01. The van der Waals surface area contributed by atoms with Crippen LogP contribution in [-0.2, 0) is 23.9 Å². The van der Waals surface area contributed by atoms with Crippen molar-refractivity contribution in [3.05, 3.63) is 65.1 Å². The van der Waals surface area contributed by atoms with Gasteiger partial charge >= 0.3 is 12.1 Å². The molecule has 0 radical (unpaired) electrons. The number of halogens is 3. The zero-order valence-corrected chi connectivity index (χ0v) is 14.3. The number of methoxy groups -OCH3 is 1. The zero-order valence-electron chi connectivity index (χ0n) is 14.3. The van der Waals surface area contributed by atoms with Gasteiger partial charge in [0.25, 0.3) is 0 Å². The fraction of sp³-hybridized carbons (Fsp3) is 0.263. The van der Waals surface area contributed by atoms with Crippen molar-refractivity contribution in [2.24, 2.45) is 0 Å². The molecule has 0 saturated carbocycles. The third-order valence-corrected chi connectivity index (χ3v) is 4.36. The second-order valence-corrected chi connectivity index (χ2v) is 5.92. The van der Waals surface area contributed by atoms with E-state index in [0.29, 0.717) is 24.1 Å². The molecule has 0 N–H and O–H groups in total. The van der Waals surface area contributed by atoms with Crippen molar-refractivity contribution in [2.45, 2.75) is 26.1 Å². The van der Waals surface area contributed by atoms with E-state index in [0.717, 1.165) is 22.7 Å². The number of carbonyl (C=O) groups excluding carboxylic acids is 1. The molecule has 0 spiro atoms. The SMILES string of the molecule is COC(=O)c1c(C)n(CCc2ccnc(C(F)(F)F)c2)c2ccccc12. The molecule has 3 rings (SSSR count). The highest BCUT2D eigenvalue weighted by Crippen LogP contribution is 2.29. The lowest BCUT2D eigenvalue weighted by atomic mass is 10.1. The van der Waals surface area contributed by atoms with Crippen LogP contribution in [0.15, 0.2) is 42.6 Å². The number of aromatic nitrogens is 2. The van der Waals surface area contributed by atoms with Gasteiger partial charge in [-0.05, 0) is 37.1 Å². The molecule has 2 aromatic heterocycles. The Labute approximate surface area is 148 Å². The third-order valence-electron chi connectivity index (χ3n) is 4.36. The number of esters is 1. The van der Waals surface area contributed by atoms with Gasteiger partial charge in [0.1, 0.15) is 5.69 Å². The number of nitrogens with zero attached hydrogens (tertiary/aromatic N) is 2. The summed E-state index contributed by atoms with van der Waals surface area (Å²) in [6.45, 7) is 2.24. The smallest absolute Gasteiger partial charge is 0.433 e. The average molecular weight is 362 g/mol. The molecule has 1 aromatic carbocycles. The Bertz CT molecular complexity index is 961. The first-order chi connectivity index (χ1) is 12.3. The standard InChI is InChI=1S/C19H17F3N2O2/c1-12-17(18(25)26-2)14-5-3-4-6-15(14)24(12)10-8-13-7-9-23-16(11-13)19(20,21)22/h3-7,9,11H,8,10H2,1-2H3. The first kappa shape index (κ1) is 18.0. The maximum Gasteiger partial charge on any atom is 0.433 e. The molecule has 3 aromatic rings. The van der Waals surface area contributed by atoms with Crippen LogP contribution in [0.3, 0.4) is 0 Å². The van der Waals surface area contributed by atoms with Crippen molar-refractivity contribution in [1.29, 1.82) is 0 Å². The number of ether oxygens (including phenoxy) is 1. The summed E-state index contributed by atoms with van der Waals surface area (Å²) >= 11 is 0. The van der Waals surface area contributed by atoms with Gasteiger partial charge in [-0.3, -0.25) is 4.98 Å². The van der Waals surface area contributed by atoms with Gasteiger partial charge in [0.2, 0.25) is 0 Å². The summed E-state index contributed by atoms with van der Waals surface area (Å²) in [5, 5.41) is 0.766. The lowest BCUT2D eigenvalue weighted by Gasteiger charge is -2.10. The summed E-state index contributed by atoms with van der Waals surface area (Å²) in [4.78, 5) is 15.5. The monoisotopic (exact) mass is 362 g/mol. The van der Waals surface area contributed by atoms with Gasteiger partial charge in [-0.15, -0.1) is 0 Å². The summed E-state index contributed by atoms with van der Waals surface area (Å²) in [5.41, 5.74) is 1.68. The lowest BCUT2D eigenvalue weighted by Crippen LogP contribution is -2.10. The number of aryl methyl sites for hydroxylation is 2. The Morgan fingerprint density at radius 3 is 2.65 bits per heavy atom. The Kier molecular flexibility index (Phi) is 4.71. The number of carbonyl (C=O) groups is 1. The Hall–Kier alpha value is -2.83. The van der Waals surface area contributed by atoms with Gasteiger partial charge < -0.3 is 9.30 Å². The molecule has 0 aliphatic carbocycles. The number of alkyl halides is 3. The number of hydrogen-bond acceptors (Lipinski definition) is 3. The van der Waals surface area contributed by atoms with Gasteiger partial charge in [-0.1, -0.05) is 18.2 Å². The number of fused-ring (bicyclic) bond motifs is 1. The van der Waals surface area contributed by atoms with Crippen molar-refractivity contribution in [2.75, 3.05) is 7.11 Å². The highest BCUT2D eigenvalue weighted by Gasteiger charge is 2.32. The van der Waals surface area contributed by atoms with E-state index >= 15 is 0 Å².